The zero-order valence-corrected chi connectivity index (χ0v) is 10.1. The van der Waals surface area contributed by atoms with Gasteiger partial charge in [0.25, 0.3) is 0 Å². The summed E-state index contributed by atoms with van der Waals surface area (Å²) in [5, 5.41) is 13.8. The van der Waals surface area contributed by atoms with Gasteiger partial charge in [-0.05, 0) is 24.2 Å². The first-order valence-corrected chi connectivity index (χ1v) is 5.79. The number of rotatable bonds is 6. The first-order valence-electron chi connectivity index (χ1n) is 5.79. The van der Waals surface area contributed by atoms with Gasteiger partial charge in [0.15, 0.2) is 0 Å². The molecule has 96 valence electrons. The van der Waals surface area contributed by atoms with Crippen LogP contribution >= 0.6 is 0 Å². The summed E-state index contributed by atoms with van der Waals surface area (Å²) < 4.78 is 18.1. The van der Waals surface area contributed by atoms with Crippen molar-refractivity contribution in [3.8, 4) is 0 Å². The monoisotopic (exact) mass is 250 g/mol. The van der Waals surface area contributed by atoms with Crippen molar-refractivity contribution in [2.24, 2.45) is 0 Å². The minimum absolute atomic E-state index is 0.246. The van der Waals surface area contributed by atoms with E-state index in [1.54, 1.807) is 12.1 Å². The number of hydrogen-bond acceptors (Lipinski definition) is 5. The van der Waals surface area contributed by atoms with Gasteiger partial charge < -0.3 is 15.1 Å². The summed E-state index contributed by atoms with van der Waals surface area (Å²) in [5.41, 5.74) is 0.947. The first-order chi connectivity index (χ1) is 8.78. The maximum Gasteiger partial charge on any atom is 0.315 e. The Balaban J connectivity index is 1.86. The third-order valence-electron chi connectivity index (χ3n) is 2.35. The fourth-order valence-corrected chi connectivity index (χ4v) is 1.41. The average Bonchev–Trinajstić information content (AvgIpc) is 2.84. The van der Waals surface area contributed by atoms with E-state index in [-0.39, 0.29) is 5.82 Å². The molecule has 0 bridgehead atoms. The molecule has 0 radical (unpaired) electrons. The predicted octanol–water partition coefficient (Wildman–Crippen LogP) is 1.93. The SMILES string of the molecule is CCNCc1nnc(NCc2ccc(F)cc2)o1. The molecule has 1 aromatic carbocycles. The number of hydrogen-bond donors (Lipinski definition) is 2. The molecule has 2 rings (SSSR count). The van der Waals surface area contributed by atoms with Crippen LogP contribution in [0.1, 0.15) is 18.4 Å². The third-order valence-corrected chi connectivity index (χ3v) is 2.35. The summed E-state index contributed by atoms with van der Waals surface area (Å²) in [6.45, 7) is 3.93. The highest BCUT2D eigenvalue weighted by Gasteiger charge is 2.04. The van der Waals surface area contributed by atoms with Gasteiger partial charge in [-0.15, -0.1) is 5.10 Å². The highest BCUT2D eigenvalue weighted by molar-refractivity contribution is 5.23. The van der Waals surface area contributed by atoms with Crippen molar-refractivity contribution < 1.29 is 8.81 Å². The lowest BCUT2D eigenvalue weighted by Gasteiger charge is -2.01. The first kappa shape index (κ1) is 12.5. The maximum absolute atomic E-state index is 12.7. The summed E-state index contributed by atoms with van der Waals surface area (Å²) in [7, 11) is 0. The fraction of sp³-hybridized carbons (Fsp3) is 0.333. The molecule has 0 amide bonds. The molecule has 0 spiro atoms. The van der Waals surface area contributed by atoms with Crippen molar-refractivity contribution in [3.05, 3.63) is 41.5 Å². The van der Waals surface area contributed by atoms with Gasteiger partial charge >= 0.3 is 6.01 Å². The van der Waals surface area contributed by atoms with Crippen LogP contribution in [-0.2, 0) is 13.1 Å². The normalized spacial score (nSPS) is 10.6. The molecule has 0 aliphatic heterocycles. The lowest BCUT2D eigenvalue weighted by atomic mass is 10.2. The van der Waals surface area contributed by atoms with Gasteiger partial charge in [-0.3, -0.25) is 0 Å². The molecular weight excluding hydrogens is 235 g/mol. The highest BCUT2D eigenvalue weighted by atomic mass is 19.1. The van der Waals surface area contributed by atoms with E-state index in [0.717, 1.165) is 12.1 Å². The molecule has 6 heteroatoms. The van der Waals surface area contributed by atoms with E-state index in [1.807, 2.05) is 6.92 Å². The Labute approximate surface area is 104 Å². The van der Waals surface area contributed by atoms with Gasteiger partial charge in [-0.25, -0.2) is 4.39 Å². The van der Waals surface area contributed by atoms with Crippen LogP contribution in [0.15, 0.2) is 28.7 Å². The Morgan fingerprint density at radius 2 is 1.94 bits per heavy atom. The van der Waals surface area contributed by atoms with E-state index in [0.29, 0.717) is 25.0 Å². The lowest BCUT2D eigenvalue weighted by Crippen LogP contribution is -2.11. The molecule has 1 heterocycles. The van der Waals surface area contributed by atoms with E-state index in [4.69, 9.17) is 4.42 Å². The van der Waals surface area contributed by atoms with Crippen molar-refractivity contribution in [3.63, 3.8) is 0 Å². The van der Waals surface area contributed by atoms with Crippen LogP contribution in [-0.4, -0.2) is 16.7 Å². The van der Waals surface area contributed by atoms with Crippen LogP contribution in [0, 0.1) is 5.82 Å². The van der Waals surface area contributed by atoms with Gasteiger partial charge in [-0.2, -0.15) is 0 Å². The van der Waals surface area contributed by atoms with Crippen LogP contribution in [0.2, 0.25) is 0 Å². The smallest absolute Gasteiger partial charge is 0.315 e. The van der Waals surface area contributed by atoms with E-state index in [2.05, 4.69) is 20.8 Å². The second kappa shape index (κ2) is 6.11. The number of benzene rings is 1. The second-order valence-electron chi connectivity index (χ2n) is 3.76. The largest absolute Gasteiger partial charge is 0.407 e. The Morgan fingerprint density at radius 3 is 2.67 bits per heavy atom. The number of nitrogens with one attached hydrogen (secondary N) is 2. The van der Waals surface area contributed by atoms with E-state index < -0.39 is 0 Å². The minimum Gasteiger partial charge on any atom is -0.407 e. The Kier molecular flexibility index (Phi) is 4.25. The van der Waals surface area contributed by atoms with Crippen LogP contribution in [0.25, 0.3) is 0 Å². The Hall–Kier alpha value is -1.95. The van der Waals surface area contributed by atoms with Crippen LogP contribution in [0.3, 0.4) is 0 Å². The van der Waals surface area contributed by atoms with Crippen molar-refractivity contribution in [2.45, 2.75) is 20.0 Å². The standard InChI is InChI=1S/C12H15FN4O/c1-2-14-8-11-16-17-12(18-11)15-7-9-3-5-10(13)6-4-9/h3-6,14H,2,7-8H2,1H3,(H,15,17). The molecule has 2 N–H and O–H groups in total. The van der Waals surface area contributed by atoms with Crippen LogP contribution in [0.4, 0.5) is 10.4 Å². The molecule has 0 saturated heterocycles. The lowest BCUT2D eigenvalue weighted by molar-refractivity contribution is 0.481. The minimum atomic E-state index is -0.246. The molecule has 0 aliphatic rings. The zero-order chi connectivity index (χ0) is 12.8. The van der Waals surface area contributed by atoms with Gasteiger partial charge in [0.2, 0.25) is 5.89 Å². The molecule has 18 heavy (non-hydrogen) atoms. The molecule has 2 aromatic rings. The predicted molar refractivity (Wildman–Crippen MR) is 65.4 cm³/mol. The van der Waals surface area contributed by atoms with Crippen molar-refractivity contribution in [2.75, 3.05) is 11.9 Å². The topological polar surface area (TPSA) is 63.0 Å². The summed E-state index contributed by atoms with van der Waals surface area (Å²) in [6, 6.07) is 6.62. The zero-order valence-electron chi connectivity index (χ0n) is 10.1. The van der Waals surface area contributed by atoms with Crippen molar-refractivity contribution >= 4 is 6.01 Å². The van der Waals surface area contributed by atoms with Gasteiger partial charge in [0, 0.05) is 6.54 Å². The fourth-order valence-electron chi connectivity index (χ4n) is 1.41. The van der Waals surface area contributed by atoms with Gasteiger partial charge in [0.05, 0.1) is 6.54 Å². The van der Waals surface area contributed by atoms with Crippen molar-refractivity contribution in [1.29, 1.82) is 0 Å². The van der Waals surface area contributed by atoms with E-state index in [9.17, 15) is 4.39 Å². The number of anilines is 1. The number of aromatic nitrogens is 2. The maximum atomic E-state index is 12.7. The molecule has 1 aromatic heterocycles. The highest BCUT2D eigenvalue weighted by Crippen LogP contribution is 2.08. The molecule has 0 aliphatic carbocycles. The van der Waals surface area contributed by atoms with Gasteiger partial charge in [0.1, 0.15) is 5.82 Å². The van der Waals surface area contributed by atoms with E-state index >= 15 is 0 Å². The van der Waals surface area contributed by atoms with Crippen LogP contribution in [0.5, 0.6) is 0 Å². The molecule has 0 saturated carbocycles. The van der Waals surface area contributed by atoms with Crippen LogP contribution < -0.4 is 10.6 Å². The Bertz CT molecular complexity index is 483. The quantitative estimate of drug-likeness (QED) is 0.820. The summed E-state index contributed by atoms with van der Waals surface area (Å²) in [6.07, 6.45) is 0. The van der Waals surface area contributed by atoms with Crippen molar-refractivity contribution in [1.82, 2.24) is 15.5 Å². The average molecular weight is 250 g/mol. The third kappa shape index (κ3) is 3.53. The second-order valence-corrected chi connectivity index (χ2v) is 3.76. The number of nitrogens with zero attached hydrogens (tertiary/aromatic N) is 2. The Morgan fingerprint density at radius 1 is 1.17 bits per heavy atom. The molecule has 0 unspecified atom stereocenters. The molecule has 0 atom stereocenters. The molecular formula is C12H15FN4O. The molecule has 0 fully saturated rings. The molecule has 5 nitrogen and oxygen atoms in total. The summed E-state index contributed by atoms with van der Waals surface area (Å²) >= 11 is 0. The summed E-state index contributed by atoms with van der Waals surface area (Å²) in [5.74, 6) is 0.294. The summed E-state index contributed by atoms with van der Waals surface area (Å²) in [4.78, 5) is 0. The van der Waals surface area contributed by atoms with E-state index in [1.165, 1.54) is 12.1 Å². The van der Waals surface area contributed by atoms with Gasteiger partial charge in [-0.1, -0.05) is 24.2 Å². The number of halogens is 1.